The quantitative estimate of drug-likeness (QED) is 0.615. The SMILES string of the molecule is CC=C1[C@H](C)C=C(C)C[C@]1(CC(=O)OC)c1ccc(OC)nc1C. The van der Waals surface area contributed by atoms with E-state index in [1.54, 1.807) is 7.11 Å². The minimum absolute atomic E-state index is 0.202. The van der Waals surface area contributed by atoms with E-state index in [2.05, 4.69) is 31.0 Å². The number of esters is 1. The highest BCUT2D eigenvalue weighted by Gasteiger charge is 2.43. The number of hydrogen-bond donors (Lipinski definition) is 0. The molecule has 0 saturated heterocycles. The number of carbonyl (C=O) groups excluding carboxylic acids is 1. The minimum Gasteiger partial charge on any atom is -0.481 e. The number of hydrogen-bond acceptors (Lipinski definition) is 4. The van der Waals surface area contributed by atoms with Gasteiger partial charge in [0, 0.05) is 17.2 Å². The topological polar surface area (TPSA) is 48.4 Å². The molecule has 2 rings (SSSR count). The third kappa shape index (κ3) is 3.23. The van der Waals surface area contributed by atoms with Gasteiger partial charge in [0.2, 0.25) is 5.88 Å². The summed E-state index contributed by atoms with van der Waals surface area (Å²) in [5.74, 6) is 0.656. The van der Waals surface area contributed by atoms with Crippen molar-refractivity contribution in [2.24, 2.45) is 5.92 Å². The van der Waals surface area contributed by atoms with E-state index in [0.717, 1.165) is 17.7 Å². The van der Waals surface area contributed by atoms with Crippen molar-refractivity contribution < 1.29 is 14.3 Å². The molecule has 1 aliphatic rings. The Kier molecular flexibility index (Phi) is 5.47. The first kappa shape index (κ1) is 18.2. The number of methoxy groups -OCH3 is 2. The molecule has 0 aromatic carbocycles. The molecular weight excluding hydrogens is 302 g/mol. The summed E-state index contributed by atoms with van der Waals surface area (Å²) in [6.07, 6.45) is 5.52. The van der Waals surface area contributed by atoms with Crippen LogP contribution in [-0.2, 0) is 14.9 Å². The Morgan fingerprint density at radius 3 is 2.62 bits per heavy atom. The highest BCUT2D eigenvalue weighted by Crippen LogP contribution is 2.49. The number of aromatic nitrogens is 1. The standard InChI is InChI=1S/C20H27NO3/c1-7-16-14(3)10-13(2)11-20(16,12-19(22)24-6)17-8-9-18(23-5)21-15(17)4/h7-10,14H,11-12H2,1-6H3/t14-,20-/m1/s1. The van der Waals surface area contributed by atoms with Crippen LogP contribution in [0.2, 0.25) is 0 Å². The van der Waals surface area contributed by atoms with Crippen molar-refractivity contribution in [1.82, 2.24) is 4.98 Å². The smallest absolute Gasteiger partial charge is 0.306 e. The van der Waals surface area contributed by atoms with E-state index < -0.39 is 5.41 Å². The number of rotatable bonds is 4. The van der Waals surface area contributed by atoms with Crippen LogP contribution in [0.15, 0.2) is 35.4 Å². The zero-order chi connectivity index (χ0) is 17.9. The van der Waals surface area contributed by atoms with Crippen LogP contribution < -0.4 is 4.74 Å². The molecule has 0 amide bonds. The number of pyridine rings is 1. The zero-order valence-corrected chi connectivity index (χ0v) is 15.5. The van der Waals surface area contributed by atoms with Crippen molar-refractivity contribution in [2.45, 2.75) is 46.0 Å². The average Bonchev–Trinajstić information content (AvgIpc) is 2.53. The normalized spacial score (nSPS) is 25.3. The van der Waals surface area contributed by atoms with E-state index in [-0.39, 0.29) is 11.9 Å². The fourth-order valence-corrected chi connectivity index (χ4v) is 4.12. The second-order valence-corrected chi connectivity index (χ2v) is 6.54. The number of carbonyl (C=O) groups is 1. The molecule has 1 heterocycles. The first-order chi connectivity index (χ1) is 11.4. The lowest BCUT2D eigenvalue weighted by atomic mass is 9.61. The molecule has 0 spiro atoms. The molecule has 4 heteroatoms. The molecule has 0 radical (unpaired) electrons. The number of aryl methyl sites for hydroxylation is 1. The van der Waals surface area contributed by atoms with E-state index in [0.29, 0.717) is 12.3 Å². The van der Waals surface area contributed by atoms with E-state index >= 15 is 0 Å². The number of allylic oxidation sites excluding steroid dienone is 4. The molecule has 0 unspecified atom stereocenters. The predicted octanol–water partition coefficient (Wildman–Crippen LogP) is 4.13. The first-order valence-corrected chi connectivity index (χ1v) is 8.31. The number of ether oxygens (including phenoxy) is 2. The molecule has 4 nitrogen and oxygen atoms in total. The summed E-state index contributed by atoms with van der Waals surface area (Å²) in [5, 5.41) is 0. The van der Waals surface area contributed by atoms with Crippen molar-refractivity contribution in [2.75, 3.05) is 14.2 Å². The Morgan fingerprint density at radius 1 is 1.38 bits per heavy atom. The predicted molar refractivity (Wildman–Crippen MR) is 95.1 cm³/mol. The Bertz CT molecular complexity index is 690. The third-order valence-electron chi connectivity index (χ3n) is 4.93. The summed E-state index contributed by atoms with van der Waals surface area (Å²) in [7, 11) is 3.05. The van der Waals surface area contributed by atoms with E-state index in [4.69, 9.17) is 9.47 Å². The van der Waals surface area contributed by atoms with Crippen LogP contribution in [-0.4, -0.2) is 25.2 Å². The monoisotopic (exact) mass is 329 g/mol. The van der Waals surface area contributed by atoms with Gasteiger partial charge in [0.1, 0.15) is 0 Å². The molecule has 0 aliphatic heterocycles. The first-order valence-electron chi connectivity index (χ1n) is 8.31. The van der Waals surface area contributed by atoms with Gasteiger partial charge in [0.15, 0.2) is 0 Å². The summed E-state index contributed by atoms with van der Waals surface area (Å²) < 4.78 is 10.3. The molecule has 1 aromatic rings. The van der Waals surface area contributed by atoms with Gasteiger partial charge in [-0.05, 0) is 38.7 Å². The van der Waals surface area contributed by atoms with Crippen LogP contribution in [0.25, 0.3) is 0 Å². The van der Waals surface area contributed by atoms with Gasteiger partial charge in [-0.2, -0.15) is 0 Å². The fourth-order valence-electron chi connectivity index (χ4n) is 4.12. The van der Waals surface area contributed by atoms with Crippen molar-refractivity contribution in [3.05, 3.63) is 46.7 Å². The summed E-state index contributed by atoms with van der Waals surface area (Å²) in [6.45, 7) is 8.32. The van der Waals surface area contributed by atoms with Crippen LogP contribution in [0, 0.1) is 12.8 Å². The maximum absolute atomic E-state index is 12.3. The fraction of sp³-hybridized carbons (Fsp3) is 0.500. The van der Waals surface area contributed by atoms with Gasteiger partial charge in [0.05, 0.1) is 20.6 Å². The maximum atomic E-state index is 12.3. The Balaban J connectivity index is 2.68. The molecule has 1 aliphatic carbocycles. The molecule has 0 saturated carbocycles. The Labute approximate surface area is 144 Å². The Hall–Kier alpha value is -2.10. The summed E-state index contributed by atoms with van der Waals surface area (Å²) in [6, 6.07) is 3.91. The lowest BCUT2D eigenvalue weighted by molar-refractivity contribution is -0.141. The van der Waals surface area contributed by atoms with Crippen LogP contribution in [0.4, 0.5) is 0 Å². The minimum atomic E-state index is -0.413. The lowest BCUT2D eigenvalue weighted by Gasteiger charge is -2.42. The second kappa shape index (κ2) is 7.20. The summed E-state index contributed by atoms with van der Waals surface area (Å²) in [4.78, 5) is 16.8. The van der Waals surface area contributed by atoms with Crippen LogP contribution in [0.1, 0.15) is 44.9 Å². The zero-order valence-electron chi connectivity index (χ0n) is 15.5. The second-order valence-electron chi connectivity index (χ2n) is 6.54. The molecule has 24 heavy (non-hydrogen) atoms. The summed E-state index contributed by atoms with van der Waals surface area (Å²) in [5.41, 5.74) is 4.07. The molecule has 0 N–H and O–H groups in total. The van der Waals surface area contributed by atoms with Gasteiger partial charge in [-0.3, -0.25) is 4.79 Å². The summed E-state index contributed by atoms with van der Waals surface area (Å²) >= 11 is 0. The highest BCUT2D eigenvalue weighted by molar-refractivity contribution is 5.73. The highest BCUT2D eigenvalue weighted by atomic mass is 16.5. The molecule has 0 bridgehead atoms. The van der Waals surface area contributed by atoms with Gasteiger partial charge < -0.3 is 9.47 Å². The van der Waals surface area contributed by atoms with Crippen molar-refractivity contribution in [3.8, 4) is 5.88 Å². The van der Waals surface area contributed by atoms with Crippen molar-refractivity contribution >= 4 is 5.97 Å². The van der Waals surface area contributed by atoms with Gasteiger partial charge >= 0.3 is 5.97 Å². The van der Waals surface area contributed by atoms with Gasteiger partial charge in [-0.1, -0.05) is 36.3 Å². The lowest BCUT2D eigenvalue weighted by Crippen LogP contribution is -2.38. The van der Waals surface area contributed by atoms with Crippen LogP contribution in [0.3, 0.4) is 0 Å². The Morgan fingerprint density at radius 2 is 2.08 bits per heavy atom. The van der Waals surface area contributed by atoms with Crippen LogP contribution in [0.5, 0.6) is 5.88 Å². The van der Waals surface area contributed by atoms with Gasteiger partial charge in [0.25, 0.3) is 0 Å². The maximum Gasteiger partial charge on any atom is 0.306 e. The van der Waals surface area contributed by atoms with E-state index in [9.17, 15) is 4.79 Å². The largest absolute Gasteiger partial charge is 0.481 e. The van der Waals surface area contributed by atoms with Gasteiger partial charge in [-0.25, -0.2) is 4.98 Å². The third-order valence-corrected chi connectivity index (χ3v) is 4.93. The molecule has 2 atom stereocenters. The van der Waals surface area contributed by atoms with E-state index in [1.165, 1.54) is 18.3 Å². The number of nitrogens with zero attached hydrogens (tertiary/aromatic N) is 1. The van der Waals surface area contributed by atoms with Crippen LogP contribution >= 0.6 is 0 Å². The van der Waals surface area contributed by atoms with Crippen molar-refractivity contribution in [1.29, 1.82) is 0 Å². The average molecular weight is 329 g/mol. The molecule has 130 valence electrons. The van der Waals surface area contributed by atoms with E-state index in [1.807, 2.05) is 26.0 Å². The van der Waals surface area contributed by atoms with Crippen molar-refractivity contribution in [3.63, 3.8) is 0 Å². The molecule has 1 aromatic heterocycles. The molecular formula is C20H27NO3. The van der Waals surface area contributed by atoms with Gasteiger partial charge in [-0.15, -0.1) is 0 Å². The molecule has 0 fully saturated rings.